The normalized spacial score (nSPS) is 11.6. The van der Waals surface area contributed by atoms with Crippen molar-refractivity contribution in [1.29, 1.82) is 0 Å². The van der Waals surface area contributed by atoms with Crippen LogP contribution in [0.5, 0.6) is 0 Å². The predicted octanol–water partition coefficient (Wildman–Crippen LogP) is 13.5. The zero-order valence-corrected chi connectivity index (χ0v) is 29.6. The second-order valence-electron chi connectivity index (χ2n) is 13.8. The van der Waals surface area contributed by atoms with Crippen LogP contribution in [-0.4, -0.2) is 4.57 Å². The van der Waals surface area contributed by atoms with E-state index in [0.29, 0.717) is 0 Å². The van der Waals surface area contributed by atoms with E-state index >= 15 is 0 Å². The van der Waals surface area contributed by atoms with E-state index in [1.807, 2.05) is 0 Å². The third kappa shape index (κ3) is 23.6. The minimum Gasteiger partial charge on any atom is -0.234 e. The highest BCUT2D eigenvalue weighted by Crippen LogP contribution is 2.15. The Hall–Kier alpha value is -0.790. The van der Waals surface area contributed by atoms with Crippen molar-refractivity contribution in [1.82, 2.24) is 4.57 Å². The molecule has 0 fully saturated rings. The van der Waals surface area contributed by atoms with Crippen molar-refractivity contribution in [3.05, 3.63) is 18.2 Å². The molecule has 0 N–H and O–H groups in total. The molecular weight excluding hydrogens is 508 g/mol. The first kappa shape index (κ1) is 39.2. The van der Waals surface area contributed by atoms with Gasteiger partial charge in [-0.25, -0.2) is 9.13 Å². The smallest absolute Gasteiger partial charge is 0.234 e. The number of aromatic nitrogens is 2. The predicted molar refractivity (Wildman–Crippen MR) is 188 cm³/mol. The number of unbranched alkanes of at least 4 members (excludes halogenated alkanes) is 28. The summed E-state index contributed by atoms with van der Waals surface area (Å²) in [5.41, 5.74) is 0. The maximum absolute atomic E-state index is 2.64. The molecule has 0 spiro atoms. The molecule has 0 amide bonds. The van der Waals surface area contributed by atoms with Crippen LogP contribution in [0.3, 0.4) is 0 Å². The summed E-state index contributed by atoms with van der Waals surface area (Å²) in [6.07, 6.45) is 50.4. The maximum Gasteiger partial charge on any atom is 0.256 e. The second kappa shape index (κ2) is 31.6. The quantitative estimate of drug-likeness (QED) is 0.0560. The Labute approximate surface area is 266 Å². The Bertz CT molecular complexity index is 648. The highest BCUT2D eigenvalue weighted by molar-refractivity contribution is 4.84. The van der Waals surface area contributed by atoms with E-state index in [0.717, 1.165) is 0 Å². The number of hydrogen-bond acceptors (Lipinski definition) is 0. The van der Waals surface area contributed by atoms with Gasteiger partial charge in [-0.3, -0.25) is 0 Å². The minimum absolute atomic E-state index is 1.23. The third-order valence-electron chi connectivity index (χ3n) is 9.60. The number of rotatable bonds is 34. The molecule has 0 aliphatic rings. The van der Waals surface area contributed by atoms with Crippen LogP contribution < -0.4 is 4.57 Å². The molecular formula is C40H79N2+. The Morgan fingerprint density at radius 2 is 0.738 bits per heavy atom. The molecule has 1 heterocycles. The zero-order chi connectivity index (χ0) is 30.2. The van der Waals surface area contributed by atoms with Crippen LogP contribution in [0.4, 0.5) is 0 Å². The van der Waals surface area contributed by atoms with Crippen molar-refractivity contribution in [2.24, 2.45) is 0 Å². The summed E-state index contributed by atoms with van der Waals surface area (Å²) in [6.45, 7) is 9.40. The molecule has 0 radical (unpaired) electrons. The van der Waals surface area contributed by atoms with E-state index < -0.39 is 0 Å². The fourth-order valence-corrected chi connectivity index (χ4v) is 6.68. The molecule has 1 aromatic heterocycles. The van der Waals surface area contributed by atoms with E-state index in [-0.39, 0.29) is 0 Å². The van der Waals surface area contributed by atoms with E-state index in [9.17, 15) is 0 Å². The van der Waals surface area contributed by atoms with Crippen molar-refractivity contribution in [2.45, 2.75) is 239 Å². The van der Waals surface area contributed by atoms with Gasteiger partial charge in [-0.1, -0.05) is 188 Å². The van der Waals surface area contributed by atoms with Gasteiger partial charge in [-0.15, -0.1) is 0 Å². The van der Waals surface area contributed by atoms with Crippen molar-refractivity contribution in [3.8, 4) is 0 Å². The standard InChI is InChI=1S/C40H79N2/c1-4-7-10-13-16-19-21-22-24-26-29-32-35-40-41(36-33-30-27-18-15-12-9-6-3)38-39-42(40)37-34-31-28-25-23-20-17-14-11-8-5-2/h38-39H,4-37H2,1-3H3/q+1. The summed E-state index contributed by atoms with van der Waals surface area (Å²) < 4.78 is 5.27. The summed E-state index contributed by atoms with van der Waals surface area (Å²) in [7, 11) is 0. The highest BCUT2D eigenvalue weighted by atomic mass is 15.1. The van der Waals surface area contributed by atoms with Crippen LogP contribution in [-0.2, 0) is 19.5 Å². The lowest BCUT2D eigenvalue weighted by Gasteiger charge is -2.07. The van der Waals surface area contributed by atoms with Gasteiger partial charge < -0.3 is 0 Å². The number of hydrogen-bond donors (Lipinski definition) is 0. The molecule has 42 heavy (non-hydrogen) atoms. The molecule has 248 valence electrons. The van der Waals surface area contributed by atoms with E-state index in [4.69, 9.17) is 0 Å². The van der Waals surface area contributed by atoms with Crippen LogP contribution >= 0.6 is 0 Å². The lowest BCUT2D eigenvalue weighted by atomic mass is 10.0. The zero-order valence-electron chi connectivity index (χ0n) is 29.6. The van der Waals surface area contributed by atoms with Crippen molar-refractivity contribution in [2.75, 3.05) is 0 Å². The second-order valence-corrected chi connectivity index (χ2v) is 13.8. The lowest BCUT2D eigenvalue weighted by molar-refractivity contribution is -0.704. The molecule has 0 aromatic carbocycles. The maximum atomic E-state index is 2.64. The Kier molecular flexibility index (Phi) is 29.5. The number of nitrogens with zero attached hydrogens (tertiary/aromatic N) is 2. The van der Waals surface area contributed by atoms with Gasteiger partial charge in [0.1, 0.15) is 12.4 Å². The number of aryl methyl sites for hydroxylation is 2. The van der Waals surface area contributed by atoms with Crippen LogP contribution in [0.2, 0.25) is 0 Å². The molecule has 0 aliphatic heterocycles. The molecule has 0 saturated heterocycles. The summed E-state index contributed by atoms with van der Waals surface area (Å²) >= 11 is 0. The van der Waals surface area contributed by atoms with E-state index in [1.54, 1.807) is 5.82 Å². The first-order chi connectivity index (χ1) is 20.8. The summed E-state index contributed by atoms with van der Waals surface area (Å²) in [5, 5.41) is 0. The average molecular weight is 588 g/mol. The van der Waals surface area contributed by atoms with Crippen molar-refractivity contribution < 1.29 is 4.57 Å². The summed E-state index contributed by atoms with van der Waals surface area (Å²) in [5.74, 6) is 1.62. The van der Waals surface area contributed by atoms with E-state index in [1.165, 1.54) is 219 Å². The first-order valence-corrected chi connectivity index (χ1v) is 19.9. The molecule has 2 nitrogen and oxygen atoms in total. The Morgan fingerprint density at radius 1 is 0.405 bits per heavy atom. The van der Waals surface area contributed by atoms with Gasteiger partial charge in [0.15, 0.2) is 0 Å². The molecule has 1 rings (SSSR count). The largest absolute Gasteiger partial charge is 0.256 e. The number of imidazole rings is 1. The average Bonchev–Trinajstić information content (AvgIpc) is 3.38. The van der Waals surface area contributed by atoms with E-state index in [2.05, 4.69) is 42.3 Å². The van der Waals surface area contributed by atoms with Crippen LogP contribution in [0, 0.1) is 0 Å². The van der Waals surface area contributed by atoms with Crippen LogP contribution in [0.1, 0.15) is 226 Å². The summed E-state index contributed by atoms with van der Waals surface area (Å²) in [4.78, 5) is 0. The molecule has 2 heteroatoms. The molecule has 1 aromatic rings. The molecule has 0 bridgehead atoms. The van der Waals surface area contributed by atoms with Gasteiger partial charge in [-0.2, -0.15) is 0 Å². The Morgan fingerprint density at radius 3 is 1.14 bits per heavy atom. The molecule has 0 atom stereocenters. The molecule has 0 unspecified atom stereocenters. The minimum atomic E-state index is 1.23. The SMILES string of the molecule is CCCCCCCCCCCCCCc1n(CCCCCCCCCCCCC)cc[n+]1CCCCCCCCCC. The van der Waals surface area contributed by atoms with Gasteiger partial charge in [0, 0.05) is 6.42 Å². The van der Waals surface area contributed by atoms with Crippen molar-refractivity contribution in [3.63, 3.8) is 0 Å². The fourth-order valence-electron chi connectivity index (χ4n) is 6.68. The van der Waals surface area contributed by atoms with Gasteiger partial charge in [-0.05, 0) is 32.1 Å². The van der Waals surface area contributed by atoms with Crippen molar-refractivity contribution >= 4 is 0 Å². The van der Waals surface area contributed by atoms with Gasteiger partial charge in [0.2, 0.25) is 0 Å². The highest BCUT2D eigenvalue weighted by Gasteiger charge is 2.16. The summed E-state index contributed by atoms with van der Waals surface area (Å²) in [6, 6.07) is 0. The van der Waals surface area contributed by atoms with Crippen LogP contribution in [0.25, 0.3) is 0 Å². The fraction of sp³-hybridized carbons (Fsp3) is 0.925. The Balaban J connectivity index is 2.30. The topological polar surface area (TPSA) is 8.81 Å². The third-order valence-corrected chi connectivity index (χ3v) is 9.60. The first-order valence-electron chi connectivity index (χ1n) is 19.9. The van der Waals surface area contributed by atoms with Gasteiger partial charge in [0.05, 0.1) is 13.1 Å². The van der Waals surface area contributed by atoms with Gasteiger partial charge in [0.25, 0.3) is 5.82 Å². The molecule has 0 saturated carbocycles. The van der Waals surface area contributed by atoms with Crippen LogP contribution in [0.15, 0.2) is 12.4 Å². The molecule has 0 aliphatic carbocycles. The van der Waals surface area contributed by atoms with Gasteiger partial charge >= 0.3 is 0 Å². The monoisotopic (exact) mass is 588 g/mol. The lowest BCUT2D eigenvalue weighted by Crippen LogP contribution is -2.37.